The molecule has 1 heterocycles. The summed E-state index contributed by atoms with van der Waals surface area (Å²) in [5.74, 6) is -0.299. The lowest BCUT2D eigenvalue weighted by Gasteiger charge is -2.17. The standard InChI is InChI=1S/C19H15ClN2O2/c20-15-8-9-17(22-19(24)14-7-4-10-21-12-14)16(11-15)18(23)13-5-2-1-3-6-13/h1-12,18,23H,(H,22,24). The Morgan fingerprint density at radius 3 is 2.58 bits per heavy atom. The van der Waals surface area contributed by atoms with Gasteiger partial charge in [0.1, 0.15) is 6.10 Å². The molecule has 0 spiro atoms. The van der Waals surface area contributed by atoms with Gasteiger partial charge in [0.2, 0.25) is 0 Å². The Hall–Kier alpha value is -2.69. The Labute approximate surface area is 144 Å². The van der Waals surface area contributed by atoms with E-state index in [1.165, 1.54) is 6.20 Å². The molecule has 0 aliphatic rings. The molecule has 1 aromatic heterocycles. The number of carbonyl (C=O) groups is 1. The number of halogens is 1. The number of aliphatic hydroxyl groups excluding tert-OH is 1. The summed E-state index contributed by atoms with van der Waals surface area (Å²) in [4.78, 5) is 16.3. The Balaban J connectivity index is 1.93. The topological polar surface area (TPSA) is 62.2 Å². The molecule has 1 amide bonds. The van der Waals surface area contributed by atoms with E-state index in [1.54, 1.807) is 36.5 Å². The second kappa shape index (κ2) is 7.25. The summed E-state index contributed by atoms with van der Waals surface area (Å²) in [5.41, 5.74) is 2.19. The molecule has 0 saturated heterocycles. The fraction of sp³-hybridized carbons (Fsp3) is 0.0526. The van der Waals surface area contributed by atoms with Crippen LogP contribution in [0.2, 0.25) is 5.02 Å². The summed E-state index contributed by atoms with van der Waals surface area (Å²) in [6.45, 7) is 0. The number of aliphatic hydroxyl groups is 1. The van der Waals surface area contributed by atoms with E-state index in [0.29, 0.717) is 21.8 Å². The lowest BCUT2D eigenvalue weighted by Crippen LogP contribution is -2.15. The molecule has 120 valence electrons. The van der Waals surface area contributed by atoms with Crippen LogP contribution in [0.5, 0.6) is 0 Å². The van der Waals surface area contributed by atoms with Gasteiger partial charge in [-0.2, -0.15) is 0 Å². The van der Waals surface area contributed by atoms with Gasteiger partial charge in [-0.1, -0.05) is 41.9 Å². The third-order valence-electron chi connectivity index (χ3n) is 3.60. The molecule has 0 fully saturated rings. The van der Waals surface area contributed by atoms with E-state index >= 15 is 0 Å². The van der Waals surface area contributed by atoms with Crippen LogP contribution in [0, 0.1) is 0 Å². The number of hydrogen-bond donors (Lipinski definition) is 2. The van der Waals surface area contributed by atoms with Gasteiger partial charge in [0.05, 0.1) is 5.56 Å². The molecule has 0 radical (unpaired) electrons. The molecule has 3 aromatic rings. The Morgan fingerprint density at radius 2 is 1.88 bits per heavy atom. The quantitative estimate of drug-likeness (QED) is 0.753. The smallest absolute Gasteiger partial charge is 0.257 e. The third-order valence-corrected chi connectivity index (χ3v) is 3.83. The largest absolute Gasteiger partial charge is 0.384 e. The zero-order chi connectivity index (χ0) is 16.9. The predicted molar refractivity (Wildman–Crippen MR) is 94.1 cm³/mol. The molecule has 3 rings (SSSR count). The zero-order valence-corrected chi connectivity index (χ0v) is 13.4. The van der Waals surface area contributed by atoms with Crippen molar-refractivity contribution < 1.29 is 9.90 Å². The second-order valence-corrected chi connectivity index (χ2v) is 5.68. The van der Waals surface area contributed by atoms with Gasteiger partial charge >= 0.3 is 0 Å². The first-order chi connectivity index (χ1) is 11.6. The summed E-state index contributed by atoms with van der Waals surface area (Å²) >= 11 is 6.07. The number of rotatable bonds is 4. The molecular formula is C19H15ClN2O2. The van der Waals surface area contributed by atoms with Crippen LogP contribution in [0.1, 0.15) is 27.6 Å². The Kier molecular flexibility index (Phi) is 4.89. The minimum atomic E-state index is -0.894. The van der Waals surface area contributed by atoms with Gasteiger partial charge in [-0.15, -0.1) is 0 Å². The first kappa shape index (κ1) is 16.2. The highest BCUT2D eigenvalue weighted by atomic mass is 35.5. The molecule has 2 N–H and O–H groups in total. The van der Waals surface area contributed by atoms with Gasteiger partial charge in [-0.3, -0.25) is 9.78 Å². The van der Waals surface area contributed by atoms with Crippen molar-refractivity contribution in [3.05, 3.63) is 94.8 Å². The lowest BCUT2D eigenvalue weighted by atomic mass is 9.99. The lowest BCUT2D eigenvalue weighted by molar-refractivity contribution is 0.102. The van der Waals surface area contributed by atoms with E-state index in [4.69, 9.17) is 11.6 Å². The fourth-order valence-corrected chi connectivity index (χ4v) is 2.56. The minimum absolute atomic E-state index is 0.299. The SMILES string of the molecule is O=C(Nc1ccc(Cl)cc1C(O)c1ccccc1)c1cccnc1. The van der Waals surface area contributed by atoms with E-state index in [0.717, 1.165) is 5.56 Å². The summed E-state index contributed by atoms with van der Waals surface area (Å²) in [6.07, 6.45) is 2.19. The van der Waals surface area contributed by atoms with Crippen LogP contribution in [-0.4, -0.2) is 16.0 Å². The maximum absolute atomic E-state index is 12.3. The average molecular weight is 339 g/mol. The average Bonchev–Trinajstić information content (AvgIpc) is 2.64. The summed E-state index contributed by atoms with van der Waals surface area (Å²) in [5, 5.41) is 14.0. The van der Waals surface area contributed by atoms with Crippen molar-refractivity contribution in [3.8, 4) is 0 Å². The normalized spacial score (nSPS) is 11.8. The molecule has 0 saturated carbocycles. The number of anilines is 1. The summed E-state index contributed by atoms with van der Waals surface area (Å²) in [7, 11) is 0. The first-order valence-corrected chi connectivity index (χ1v) is 7.77. The number of nitrogens with one attached hydrogen (secondary N) is 1. The van der Waals surface area contributed by atoms with Crippen LogP contribution < -0.4 is 5.32 Å². The van der Waals surface area contributed by atoms with Gasteiger partial charge in [0.25, 0.3) is 5.91 Å². The van der Waals surface area contributed by atoms with Crippen LogP contribution in [0.15, 0.2) is 73.1 Å². The number of amides is 1. The van der Waals surface area contributed by atoms with E-state index in [2.05, 4.69) is 10.3 Å². The molecule has 0 aliphatic heterocycles. The van der Waals surface area contributed by atoms with Crippen molar-refractivity contribution >= 4 is 23.2 Å². The summed E-state index contributed by atoms with van der Waals surface area (Å²) in [6, 6.07) is 17.6. The maximum Gasteiger partial charge on any atom is 0.257 e. The van der Waals surface area contributed by atoms with Crippen LogP contribution in [0.3, 0.4) is 0 Å². The highest BCUT2D eigenvalue weighted by Crippen LogP contribution is 2.31. The fourth-order valence-electron chi connectivity index (χ4n) is 2.38. The van der Waals surface area contributed by atoms with Crippen LogP contribution >= 0.6 is 11.6 Å². The molecule has 0 bridgehead atoms. The number of aromatic nitrogens is 1. The molecule has 0 aliphatic carbocycles. The molecule has 24 heavy (non-hydrogen) atoms. The number of benzene rings is 2. The van der Waals surface area contributed by atoms with Crippen molar-refractivity contribution in [3.63, 3.8) is 0 Å². The molecule has 2 aromatic carbocycles. The van der Waals surface area contributed by atoms with Crippen molar-refractivity contribution in [2.45, 2.75) is 6.10 Å². The highest BCUT2D eigenvalue weighted by Gasteiger charge is 2.17. The Bertz CT molecular complexity index is 839. The molecular weight excluding hydrogens is 324 g/mol. The predicted octanol–water partition coefficient (Wildman–Crippen LogP) is 4.07. The Morgan fingerprint density at radius 1 is 1.08 bits per heavy atom. The van der Waals surface area contributed by atoms with Crippen LogP contribution in [0.25, 0.3) is 0 Å². The number of nitrogens with zero attached hydrogens (tertiary/aromatic N) is 1. The van der Waals surface area contributed by atoms with Crippen molar-refractivity contribution in [1.29, 1.82) is 0 Å². The van der Waals surface area contributed by atoms with E-state index in [-0.39, 0.29) is 5.91 Å². The molecule has 1 atom stereocenters. The molecule has 4 nitrogen and oxygen atoms in total. The molecule has 5 heteroatoms. The maximum atomic E-state index is 12.3. The highest BCUT2D eigenvalue weighted by molar-refractivity contribution is 6.30. The molecule has 1 unspecified atom stereocenters. The third kappa shape index (κ3) is 3.62. The van der Waals surface area contributed by atoms with Gasteiger partial charge in [0, 0.05) is 28.7 Å². The van der Waals surface area contributed by atoms with Crippen LogP contribution in [0.4, 0.5) is 5.69 Å². The van der Waals surface area contributed by atoms with Crippen molar-refractivity contribution in [2.75, 3.05) is 5.32 Å². The van der Waals surface area contributed by atoms with E-state index in [9.17, 15) is 9.90 Å². The number of hydrogen-bond acceptors (Lipinski definition) is 3. The van der Waals surface area contributed by atoms with Gasteiger partial charge in [-0.25, -0.2) is 0 Å². The van der Waals surface area contributed by atoms with Crippen molar-refractivity contribution in [1.82, 2.24) is 4.98 Å². The minimum Gasteiger partial charge on any atom is -0.384 e. The van der Waals surface area contributed by atoms with Crippen molar-refractivity contribution in [2.24, 2.45) is 0 Å². The number of pyridine rings is 1. The van der Waals surface area contributed by atoms with Gasteiger partial charge < -0.3 is 10.4 Å². The number of carbonyl (C=O) groups excluding carboxylic acids is 1. The summed E-state index contributed by atoms with van der Waals surface area (Å²) < 4.78 is 0. The van der Waals surface area contributed by atoms with Crippen LogP contribution in [-0.2, 0) is 0 Å². The second-order valence-electron chi connectivity index (χ2n) is 5.24. The van der Waals surface area contributed by atoms with E-state index < -0.39 is 6.10 Å². The van der Waals surface area contributed by atoms with Gasteiger partial charge in [0.15, 0.2) is 0 Å². The first-order valence-electron chi connectivity index (χ1n) is 7.39. The van der Waals surface area contributed by atoms with Gasteiger partial charge in [-0.05, 0) is 35.9 Å². The zero-order valence-electron chi connectivity index (χ0n) is 12.7. The van der Waals surface area contributed by atoms with E-state index in [1.807, 2.05) is 30.3 Å². The monoisotopic (exact) mass is 338 g/mol.